The summed E-state index contributed by atoms with van der Waals surface area (Å²) in [6.07, 6.45) is -2.69. The predicted octanol–water partition coefficient (Wildman–Crippen LogP) is 2.83. The zero-order chi connectivity index (χ0) is 20.0. The quantitative estimate of drug-likeness (QED) is 0.552. The van der Waals surface area contributed by atoms with E-state index in [0.29, 0.717) is 24.5 Å². The van der Waals surface area contributed by atoms with Gasteiger partial charge in [0, 0.05) is 26.4 Å². The van der Waals surface area contributed by atoms with Crippen LogP contribution in [0.2, 0.25) is 0 Å². The maximum atomic E-state index is 12.7. The molecule has 0 heterocycles. The van der Waals surface area contributed by atoms with Crippen LogP contribution >= 0.6 is 0 Å². The van der Waals surface area contributed by atoms with E-state index in [2.05, 4.69) is 15.6 Å². The van der Waals surface area contributed by atoms with E-state index >= 15 is 0 Å². The van der Waals surface area contributed by atoms with Gasteiger partial charge in [-0.2, -0.15) is 13.2 Å². The average Bonchev–Trinajstić information content (AvgIpc) is 2.52. The molecule has 148 valence electrons. The number of nitrogens with one attached hydrogen (secondary N) is 2. The standard InChI is InChI=1S/C17H26F3N3O2S/c1-16(2,8-9-26(4,24)25)12-23-15(21-3)22-11-13-6-5-7-14(10-13)17(18,19)20/h5-7,10H,8-9,11-12H2,1-4H3,(H2,21,22,23). The molecule has 0 amide bonds. The van der Waals surface area contributed by atoms with Gasteiger partial charge in [0.25, 0.3) is 0 Å². The summed E-state index contributed by atoms with van der Waals surface area (Å²) in [5, 5.41) is 6.05. The van der Waals surface area contributed by atoms with Crippen molar-refractivity contribution >= 4 is 15.8 Å². The SMILES string of the molecule is CN=C(NCc1cccc(C(F)(F)F)c1)NCC(C)(C)CCS(C)(=O)=O. The third kappa shape index (κ3) is 8.55. The molecule has 0 atom stereocenters. The van der Waals surface area contributed by atoms with Crippen LogP contribution in [0.15, 0.2) is 29.3 Å². The molecule has 0 aliphatic carbocycles. The van der Waals surface area contributed by atoms with Crippen LogP contribution < -0.4 is 10.6 Å². The second kappa shape index (κ2) is 8.75. The number of hydrogen-bond acceptors (Lipinski definition) is 3. The average molecular weight is 393 g/mol. The van der Waals surface area contributed by atoms with Crippen molar-refractivity contribution < 1.29 is 21.6 Å². The predicted molar refractivity (Wildman–Crippen MR) is 97.8 cm³/mol. The van der Waals surface area contributed by atoms with Crippen LogP contribution in [-0.2, 0) is 22.6 Å². The zero-order valence-corrected chi connectivity index (χ0v) is 16.3. The Balaban J connectivity index is 2.58. The summed E-state index contributed by atoms with van der Waals surface area (Å²) in [7, 11) is -1.47. The second-order valence-corrected chi connectivity index (χ2v) is 9.28. The van der Waals surface area contributed by atoms with Crippen LogP contribution in [0.25, 0.3) is 0 Å². The maximum absolute atomic E-state index is 12.7. The van der Waals surface area contributed by atoms with Gasteiger partial charge in [0.1, 0.15) is 9.84 Å². The molecule has 0 aromatic heterocycles. The van der Waals surface area contributed by atoms with Crippen molar-refractivity contribution in [2.24, 2.45) is 10.4 Å². The molecule has 0 bridgehead atoms. The Kier molecular flexibility index (Phi) is 7.49. The maximum Gasteiger partial charge on any atom is 0.416 e. The summed E-state index contributed by atoms with van der Waals surface area (Å²) in [6.45, 7) is 4.54. The number of hydrogen-bond donors (Lipinski definition) is 2. The number of nitrogens with zero attached hydrogens (tertiary/aromatic N) is 1. The zero-order valence-electron chi connectivity index (χ0n) is 15.4. The van der Waals surface area contributed by atoms with Gasteiger partial charge in [-0.05, 0) is 29.5 Å². The topological polar surface area (TPSA) is 70.6 Å². The fourth-order valence-electron chi connectivity index (χ4n) is 2.14. The Morgan fingerprint density at radius 3 is 2.38 bits per heavy atom. The molecule has 0 radical (unpaired) electrons. The normalized spacial score (nSPS) is 13.6. The van der Waals surface area contributed by atoms with Crippen LogP contribution in [0.5, 0.6) is 0 Å². The number of guanidine groups is 1. The lowest BCUT2D eigenvalue weighted by Gasteiger charge is -2.25. The first-order valence-electron chi connectivity index (χ1n) is 8.11. The van der Waals surface area contributed by atoms with E-state index in [1.165, 1.54) is 12.3 Å². The summed E-state index contributed by atoms with van der Waals surface area (Å²) in [5.74, 6) is 0.535. The van der Waals surface area contributed by atoms with Gasteiger partial charge < -0.3 is 10.6 Å². The minimum Gasteiger partial charge on any atom is -0.356 e. The molecule has 1 aromatic rings. The molecule has 1 aromatic carbocycles. The van der Waals surface area contributed by atoms with Gasteiger partial charge in [-0.3, -0.25) is 4.99 Å². The number of alkyl halides is 3. The lowest BCUT2D eigenvalue weighted by Crippen LogP contribution is -2.42. The first kappa shape index (κ1) is 22.3. The molecule has 0 fully saturated rings. The first-order chi connectivity index (χ1) is 11.8. The van der Waals surface area contributed by atoms with Crippen LogP contribution in [0.1, 0.15) is 31.4 Å². The van der Waals surface area contributed by atoms with Gasteiger partial charge in [0.05, 0.1) is 11.3 Å². The molecule has 0 saturated heterocycles. The number of rotatable bonds is 7. The van der Waals surface area contributed by atoms with Gasteiger partial charge in [-0.1, -0.05) is 26.0 Å². The van der Waals surface area contributed by atoms with E-state index in [9.17, 15) is 21.6 Å². The van der Waals surface area contributed by atoms with Crippen molar-refractivity contribution in [2.45, 2.75) is 33.0 Å². The van der Waals surface area contributed by atoms with Crippen molar-refractivity contribution in [3.05, 3.63) is 35.4 Å². The summed E-state index contributed by atoms with van der Waals surface area (Å²) in [5.41, 5.74) is -0.488. The highest BCUT2D eigenvalue weighted by atomic mass is 32.2. The second-order valence-electron chi connectivity index (χ2n) is 7.02. The van der Waals surface area contributed by atoms with Crippen LogP contribution in [0.3, 0.4) is 0 Å². The lowest BCUT2D eigenvalue weighted by atomic mass is 9.90. The number of aliphatic imine (C=N–C) groups is 1. The van der Waals surface area contributed by atoms with Crippen molar-refractivity contribution in [3.8, 4) is 0 Å². The summed E-state index contributed by atoms with van der Waals surface area (Å²) >= 11 is 0. The van der Waals surface area contributed by atoms with Gasteiger partial charge >= 0.3 is 6.18 Å². The molecule has 0 aliphatic heterocycles. The fourth-order valence-corrected chi connectivity index (χ4v) is 3.06. The molecule has 26 heavy (non-hydrogen) atoms. The fraction of sp³-hybridized carbons (Fsp3) is 0.588. The van der Waals surface area contributed by atoms with Gasteiger partial charge in [0.2, 0.25) is 0 Å². The number of benzene rings is 1. The highest BCUT2D eigenvalue weighted by molar-refractivity contribution is 7.90. The van der Waals surface area contributed by atoms with E-state index in [-0.39, 0.29) is 17.7 Å². The van der Waals surface area contributed by atoms with E-state index in [4.69, 9.17) is 0 Å². The van der Waals surface area contributed by atoms with Crippen LogP contribution in [0.4, 0.5) is 13.2 Å². The molecular formula is C17H26F3N3O2S. The van der Waals surface area contributed by atoms with Gasteiger partial charge in [0.15, 0.2) is 5.96 Å². The molecule has 0 unspecified atom stereocenters. The number of sulfone groups is 1. The van der Waals surface area contributed by atoms with Gasteiger partial charge in [-0.25, -0.2) is 8.42 Å². The summed E-state index contributed by atoms with van der Waals surface area (Å²) in [6, 6.07) is 5.09. The van der Waals surface area contributed by atoms with Crippen LogP contribution in [0, 0.1) is 5.41 Å². The summed E-state index contributed by atoms with van der Waals surface area (Å²) in [4.78, 5) is 4.04. The smallest absolute Gasteiger partial charge is 0.356 e. The molecule has 9 heteroatoms. The minimum atomic E-state index is -4.38. The largest absolute Gasteiger partial charge is 0.416 e. The molecule has 5 nitrogen and oxygen atoms in total. The van der Waals surface area contributed by atoms with Crippen molar-refractivity contribution in [2.75, 3.05) is 25.6 Å². The Morgan fingerprint density at radius 1 is 1.19 bits per heavy atom. The third-order valence-electron chi connectivity index (χ3n) is 3.82. The first-order valence-corrected chi connectivity index (χ1v) is 10.2. The van der Waals surface area contributed by atoms with Crippen molar-refractivity contribution in [3.63, 3.8) is 0 Å². The van der Waals surface area contributed by atoms with Crippen molar-refractivity contribution in [1.82, 2.24) is 10.6 Å². The molecule has 0 saturated carbocycles. The van der Waals surface area contributed by atoms with E-state index in [1.54, 1.807) is 13.1 Å². The Morgan fingerprint density at radius 2 is 1.85 bits per heavy atom. The number of halogens is 3. The molecular weight excluding hydrogens is 367 g/mol. The molecule has 0 spiro atoms. The van der Waals surface area contributed by atoms with Crippen LogP contribution in [-0.4, -0.2) is 40.0 Å². The minimum absolute atomic E-state index is 0.0952. The third-order valence-corrected chi connectivity index (χ3v) is 4.77. The Labute approximate surface area is 153 Å². The molecule has 0 aliphatic rings. The molecule has 2 N–H and O–H groups in total. The lowest BCUT2D eigenvalue weighted by molar-refractivity contribution is -0.137. The van der Waals surface area contributed by atoms with E-state index in [0.717, 1.165) is 12.1 Å². The highest BCUT2D eigenvalue weighted by Crippen LogP contribution is 2.29. The molecule has 1 rings (SSSR count). The highest BCUT2D eigenvalue weighted by Gasteiger charge is 2.30. The monoisotopic (exact) mass is 393 g/mol. The summed E-state index contributed by atoms with van der Waals surface area (Å²) < 4.78 is 60.8. The van der Waals surface area contributed by atoms with E-state index < -0.39 is 21.6 Å². The van der Waals surface area contributed by atoms with Crippen molar-refractivity contribution in [1.29, 1.82) is 0 Å². The Hall–Kier alpha value is -1.77. The van der Waals surface area contributed by atoms with Gasteiger partial charge in [-0.15, -0.1) is 0 Å². The van der Waals surface area contributed by atoms with E-state index in [1.807, 2.05) is 13.8 Å². The Bertz CT molecular complexity index is 729.